The minimum Gasteiger partial charge on any atom is -0.497 e. The third kappa shape index (κ3) is 3.89. The number of carbonyl (C=O) groups excluding carboxylic acids is 1. The molecule has 1 aliphatic rings. The van der Waals surface area contributed by atoms with Crippen LogP contribution in [0.25, 0.3) is 21.6 Å². The molecule has 1 atom stereocenters. The summed E-state index contributed by atoms with van der Waals surface area (Å²) >= 11 is 1.58. The number of hydrogen-bond acceptors (Lipinski definition) is 8. The average Bonchev–Trinajstić information content (AvgIpc) is 3.44. The highest BCUT2D eigenvalue weighted by atomic mass is 32.1. The van der Waals surface area contributed by atoms with Crippen molar-refractivity contribution in [1.82, 2.24) is 20.0 Å². The van der Waals surface area contributed by atoms with Crippen LogP contribution in [-0.2, 0) is 4.74 Å². The number of fused-ring (bicyclic) bond motifs is 1. The lowest BCUT2D eigenvalue weighted by atomic mass is 10.1. The predicted molar refractivity (Wildman–Crippen MR) is 115 cm³/mol. The maximum Gasteiger partial charge on any atom is 0.257 e. The maximum atomic E-state index is 13.1. The molecule has 1 aliphatic heterocycles. The highest BCUT2D eigenvalue weighted by Crippen LogP contribution is 2.27. The molecule has 1 amide bonds. The van der Waals surface area contributed by atoms with Crippen molar-refractivity contribution in [3.63, 3.8) is 0 Å². The Balaban J connectivity index is 1.32. The summed E-state index contributed by atoms with van der Waals surface area (Å²) in [5.41, 5.74) is 2.37. The number of ether oxygens (including phenoxy) is 2. The first-order valence-electron chi connectivity index (χ1n) is 9.87. The van der Waals surface area contributed by atoms with Crippen molar-refractivity contribution in [3.05, 3.63) is 58.9 Å². The first kappa shape index (κ1) is 19.7. The lowest BCUT2D eigenvalue weighted by Gasteiger charge is -2.31. The van der Waals surface area contributed by atoms with E-state index >= 15 is 0 Å². The third-order valence-corrected chi connectivity index (χ3v) is 6.09. The molecule has 1 saturated heterocycles. The van der Waals surface area contributed by atoms with Crippen LogP contribution in [0.4, 0.5) is 0 Å². The molecule has 0 N–H and O–H groups in total. The monoisotopic (exact) mass is 436 g/mol. The summed E-state index contributed by atoms with van der Waals surface area (Å²) in [4.78, 5) is 23.8. The molecule has 2 aromatic carbocycles. The lowest BCUT2D eigenvalue weighted by molar-refractivity contribution is -0.0367. The van der Waals surface area contributed by atoms with Crippen molar-refractivity contribution in [2.24, 2.45) is 0 Å². The molecule has 0 aliphatic carbocycles. The summed E-state index contributed by atoms with van der Waals surface area (Å²) in [5, 5.41) is 5.05. The molecule has 0 spiro atoms. The molecule has 0 bridgehead atoms. The van der Waals surface area contributed by atoms with Gasteiger partial charge >= 0.3 is 0 Å². The summed E-state index contributed by atoms with van der Waals surface area (Å²) in [6.07, 6.45) is -0.466. The van der Waals surface area contributed by atoms with Gasteiger partial charge in [0.1, 0.15) is 5.75 Å². The summed E-state index contributed by atoms with van der Waals surface area (Å²) in [7, 11) is 1.62. The predicted octanol–water partition coefficient (Wildman–Crippen LogP) is 3.88. The van der Waals surface area contributed by atoms with Gasteiger partial charge in [0.15, 0.2) is 6.10 Å². The Kier molecular flexibility index (Phi) is 5.13. The molecule has 3 heterocycles. The lowest BCUT2D eigenvalue weighted by Crippen LogP contribution is -2.42. The molecule has 5 rings (SSSR count). The number of carbonyl (C=O) groups is 1. The smallest absolute Gasteiger partial charge is 0.257 e. The van der Waals surface area contributed by atoms with Gasteiger partial charge in [-0.3, -0.25) is 4.79 Å². The Morgan fingerprint density at radius 3 is 2.84 bits per heavy atom. The van der Waals surface area contributed by atoms with Crippen molar-refractivity contribution in [2.75, 3.05) is 26.8 Å². The second kappa shape index (κ2) is 8.09. The molecule has 2 aromatic heterocycles. The van der Waals surface area contributed by atoms with E-state index in [0.29, 0.717) is 37.0 Å². The number of thiazole rings is 1. The van der Waals surface area contributed by atoms with E-state index in [9.17, 15) is 4.79 Å². The van der Waals surface area contributed by atoms with Crippen molar-refractivity contribution in [1.29, 1.82) is 0 Å². The zero-order valence-electron chi connectivity index (χ0n) is 17.1. The number of hydrogen-bond donors (Lipinski definition) is 0. The van der Waals surface area contributed by atoms with Gasteiger partial charge in [0.05, 0.1) is 35.5 Å². The van der Waals surface area contributed by atoms with Crippen LogP contribution in [0.5, 0.6) is 5.75 Å². The van der Waals surface area contributed by atoms with Crippen LogP contribution in [0.1, 0.15) is 27.4 Å². The summed E-state index contributed by atoms with van der Waals surface area (Å²) in [6, 6.07) is 13.0. The fourth-order valence-corrected chi connectivity index (χ4v) is 4.43. The van der Waals surface area contributed by atoms with Crippen molar-refractivity contribution < 1.29 is 18.8 Å². The SMILES string of the molecule is COc1ccc(-c2noc(C3CN(C(=O)c4ccc5nc(C)sc5c4)CCO3)n2)cc1. The number of rotatable bonds is 4. The van der Waals surface area contributed by atoms with E-state index in [1.54, 1.807) is 23.3 Å². The van der Waals surface area contributed by atoms with Gasteiger partial charge in [-0.1, -0.05) is 5.16 Å². The van der Waals surface area contributed by atoms with Crippen LogP contribution >= 0.6 is 11.3 Å². The highest BCUT2D eigenvalue weighted by molar-refractivity contribution is 7.18. The number of nitrogens with zero attached hydrogens (tertiary/aromatic N) is 4. The van der Waals surface area contributed by atoms with Gasteiger partial charge in [-0.05, 0) is 49.4 Å². The normalized spacial score (nSPS) is 16.6. The molecule has 0 saturated carbocycles. The van der Waals surface area contributed by atoms with Crippen LogP contribution < -0.4 is 4.74 Å². The van der Waals surface area contributed by atoms with Crippen molar-refractivity contribution >= 4 is 27.5 Å². The second-order valence-electron chi connectivity index (χ2n) is 7.21. The van der Waals surface area contributed by atoms with E-state index in [4.69, 9.17) is 14.0 Å². The van der Waals surface area contributed by atoms with E-state index in [1.165, 1.54) is 0 Å². The Hall–Kier alpha value is -3.30. The number of benzene rings is 2. The van der Waals surface area contributed by atoms with E-state index in [1.807, 2.05) is 49.4 Å². The topological polar surface area (TPSA) is 90.6 Å². The highest BCUT2D eigenvalue weighted by Gasteiger charge is 2.30. The van der Waals surface area contributed by atoms with Crippen molar-refractivity contribution in [3.8, 4) is 17.1 Å². The molecule has 1 fully saturated rings. The van der Waals surface area contributed by atoms with Crippen LogP contribution in [0.15, 0.2) is 47.0 Å². The quantitative estimate of drug-likeness (QED) is 0.479. The van der Waals surface area contributed by atoms with Gasteiger partial charge in [-0.2, -0.15) is 4.98 Å². The van der Waals surface area contributed by atoms with E-state index in [2.05, 4.69) is 15.1 Å². The Morgan fingerprint density at radius 2 is 2.03 bits per heavy atom. The van der Waals surface area contributed by atoms with Crippen LogP contribution in [-0.4, -0.2) is 52.7 Å². The van der Waals surface area contributed by atoms with Crippen LogP contribution in [0.2, 0.25) is 0 Å². The minimum atomic E-state index is -0.466. The molecule has 1 unspecified atom stereocenters. The van der Waals surface area contributed by atoms with Gasteiger partial charge in [0.25, 0.3) is 11.8 Å². The molecule has 4 aromatic rings. The molecular weight excluding hydrogens is 416 g/mol. The van der Waals surface area contributed by atoms with Gasteiger partial charge in [-0.15, -0.1) is 11.3 Å². The van der Waals surface area contributed by atoms with Gasteiger partial charge in [0.2, 0.25) is 5.82 Å². The largest absolute Gasteiger partial charge is 0.497 e. The number of morpholine rings is 1. The first-order valence-corrected chi connectivity index (χ1v) is 10.7. The fraction of sp³-hybridized carbons (Fsp3) is 0.273. The van der Waals surface area contributed by atoms with E-state index < -0.39 is 6.10 Å². The summed E-state index contributed by atoms with van der Waals surface area (Å²) in [6.45, 7) is 3.22. The van der Waals surface area contributed by atoms with E-state index in [-0.39, 0.29) is 5.91 Å². The first-order chi connectivity index (χ1) is 15.1. The zero-order chi connectivity index (χ0) is 21.4. The third-order valence-electron chi connectivity index (χ3n) is 5.16. The fourth-order valence-electron chi connectivity index (χ4n) is 3.56. The standard InChI is InChI=1S/C22H20N4O4S/c1-13-23-17-8-5-15(11-19(17)31-13)22(27)26-9-10-29-18(12-26)21-24-20(25-30-21)14-3-6-16(28-2)7-4-14/h3-8,11,18H,9-10,12H2,1-2H3. The van der Waals surface area contributed by atoms with Gasteiger partial charge < -0.3 is 18.9 Å². The Labute approximate surface area is 182 Å². The number of aromatic nitrogens is 3. The number of amides is 1. The van der Waals surface area contributed by atoms with Crippen molar-refractivity contribution in [2.45, 2.75) is 13.0 Å². The summed E-state index contributed by atoms with van der Waals surface area (Å²) in [5.74, 6) is 1.53. The molecular formula is C22H20N4O4S. The number of aryl methyl sites for hydroxylation is 1. The Bertz CT molecular complexity index is 1230. The second-order valence-corrected chi connectivity index (χ2v) is 8.45. The Morgan fingerprint density at radius 1 is 1.19 bits per heavy atom. The molecule has 158 valence electrons. The number of methoxy groups -OCH3 is 1. The summed E-state index contributed by atoms with van der Waals surface area (Å²) < 4.78 is 17.5. The minimum absolute atomic E-state index is 0.0452. The van der Waals surface area contributed by atoms with Gasteiger partial charge in [-0.25, -0.2) is 4.98 Å². The zero-order valence-corrected chi connectivity index (χ0v) is 17.9. The average molecular weight is 436 g/mol. The molecule has 31 heavy (non-hydrogen) atoms. The maximum absolute atomic E-state index is 13.1. The van der Waals surface area contributed by atoms with Gasteiger partial charge in [0, 0.05) is 17.7 Å². The molecule has 9 heteroatoms. The molecule has 8 nitrogen and oxygen atoms in total. The van der Waals surface area contributed by atoms with E-state index in [0.717, 1.165) is 26.5 Å². The van der Waals surface area contributed by atoms with Crippen LogP contribution in [0.3, 0.4) is 0 Å². The van der Waals surface area contributed by atoms with Crippen LogP contribution in [0, 0.1) is 6.92 Å². The molecule has 0 radical (unpaired) electrons.